The number of nitrogens with one attached hydrogen (secondary N) is 1. The highest BCUT2D eigenvalue weighted by atomic mass is 32.2. The first kappa shape index (κ1) is 16.2. The summed E-state index contributed by atoms with van der Waals surface area (Å²) in [4.78, 5) is 15.3. The molecular formula is C14H16N2O5S. The van der Waals surface area contributed by atoms with Crippen molar-refractivity contribution >= 4 is 26.9 Å². The highest BCUT2D eigenvalue weighted by molar-refractivity contribution is 7.89. The zero-order chi connectivity index (χ0) is 16.2. The molecule has 2 rings (SSSR count). The van der Waals surface area contributed by atoms with E-state index in [1.807, 2.05) is 6.92 Å². The van der Waals surface area contributed by atoms with E-state index in [4.69, 9.17) is 4.74 Å². The molecule has 0 unspecified atom stereocenters. The summed E-state index contributed by atoms with van der Waals surface area (Å²) in [7, 11) is -2.68. The van der Waals surface area contributed by atoms with Gasteiger partial charge in [0.25, 0.3) is 0 Å². The van der Waals surface area contributed by atoms with Crippen LogP contribution in [-0.4, -0.2) is 39.6 Å². The molecule has 118 valence electrons. The second-order valence-electron chi connectivity index (χ2n) is 4.30. The fraction of sp³-hybridized carbons (Fsp3) is 0.286. The lowest BCUT2D eigenvalue weighted by Gasteiger charge is -2.11. The summed E-state index contributed by atoms with van der Waals surface area (Å²) in [6.07, 6.45) is 1.56. The van der Waals surface area contributed by atoms with E-state index >= 15 is 0 Å². The molecule has 1 aromatic heterocycles. The summed E-state index contributed by atoms with van der Waals surface area (Å²) in [5, 5.41) is 0.422. The molecule has 0 saturated heterocycles. The Kier molecular flexibility index (Phi) is 4.94. The predicted molar refractivity (Wildman–Crippen MR) is 80.1 cm³/mol. The summed E-state index contributed by atoms with van der Waals surface area (Å²) in [5.41, 5.74) is 0.449. The lowest BCUT2D eigenvalue weighted by atomic mass is 10.2. The lowest BCUT2D eigenvalue weighted by Crippen LogP contribution is -2.30. The molecule has 2 aromatic rings. The number of carbonyl (C=O) groups is 1. The van der Waals surface area contributed by atoms with E-state index in [0.717, 1.165) is 0 Å². The van der Waals surface area contributed by atoms with Crippen LogP contribution in [0, 0.1) is 0 Å². The maximum absolute atomic E-state index is 12.3. The first-order chi connectivity index (χ1) is 10.5. The van der Waals surface area contributed by atoms with Crippen molar-refractivity contribution in [2.75, 3.05) is 20.3 Å². The molecule has 0 spiro atoms. The average Bonchev–Trinajstić information content (AvgIpc) is 2.53. The molecule has 0 amide bonds. The standard InChI is InChI=1S/C14H16N2O5S/c1-3-21-11-6-7-12(10-5-4-8-15-14(10)11)22(18,19)16-9-13(17)20-2/h4-8,16H,3,9H2,1-2H3. The van der Waals surface area contributed by atoms with Gasteiger partial charge in [-0.25, -0.2) is 8.42 Å². The number of rotatable bonds is 6. The first-order valence-electron chi connectivity index (χ1n) is 6.56. The minimum Gasteiger partial charge on any atom is -0.492 e. The number of methoxy groups -OCH3 is 1. The van der Waals surface area contributed by atoms with Gasteiger partial charge in [-0.2, -0.15) is 4.72 Å². The van der Waals surface area contributed by atoms with E-state index in [9.17, 15) is 13.2 Å². The number of carbonyl (C=O) groups excluding carboxylic acids is 1. The predicted octanol–water partition coefficient (Wildman–Crippen LogP) is 1.08. The van der Waals surface area contributed by atoms with Gasteiger partial charge in [-0.3, -0.25) is 9.78 Å². The number of hydrogen-bond donors (Lipinski definition) is 1. The van der Waals surface area contributed by atoms with Crippen LogP contribution in [-0.2, 0) is 19.6 Å². The molecule has 1 aromatic carbocycles. The summed E-state index contributed by atoms with van der Waals surface area (Å²) in [6.45, 7) is 1.84. The van der Waals surface area contributed by atoms with E-state index in [-0.39, 0.29) is 4.90 Å². The lowest BCUT2D eigenvalue weighted by molar-refractivity contribution is -0.139. The molecule has 0 saturated carbocycles. The van der Waals surface area contributed by atoms with Crippen LogP contribution in [0.4, 0.5) is 0 Å². The van der Waals surface area contributed by atoms with Crippen molar-refractivity contribution in [2.24, 2.45) is 0 Å². The molecule has 0 aliphatic carbocycles. The van der Waals surface area contributed by atoms with Crippen LogP contribution in [0.5, 0.6) is 5.75 Å². The van der Waals surface area contributed by atoms with Crippen LogP contribution in [0.25, 0.3) is 10.9 Å². The van der Waals surface area contributed by atoms with Gasteiger partial charge in [0.2, 0.25) is 10.0 Å². The average molecular weight is 324 g/mol. The third-order valence-electron chi connectivity index (χ3n) is 2.92. The molecule has 0 radical (unpaired) electrons. The van der Waals surface area contributed by atoms with Crippen LogP contribution in [0.15, 0.2) is 35.4 Å². The van der Waals surface area contributed by atoms with Gasteiger partial charge in [-0.1, -0.05) is 0 Å². The molecule has 1 heterocycles. The number of aromatic nitrogens is 1. The number of benzene rings is 1. The van der Waals surface area contributed by atoms with Crippen LogP contribution < -0.4 is 9.46 Å². The molecule has 0 aliphatic heterocycles. The number of nitrogens with zero attached hydrogens (tertiary/aromatic N) is 1. The van der Waals surface area contributed by atoms with Gasteiger partial charge in [0.15, 0.2) is 0 Å². The normalized spacial score (nSPS) is 11.4. The molecule has 0 atom stereocenters. The minimum atomic E-state index is -3.87. The Balaban J connectivity index is 2.47. The SMILES string of the molecule is CCOc1ccc(S(=O)(=O)NCC(=O)OC)c2cccnc12. The molecular weight excluding hydrogens is 308 g/mol. The zero-order valence-electron chi connectivity index (χ0n) is 12.2. The first-order valence-corrected chi connectivity index (χ1v) is 8.05. The van der Waals surface area contributed by atoms with E-state index < -0.39 is 22.5 Å². The second kappa shape index (κ2) is 6.71. The number of pyridine rings is 1. The van der Waals surface area contributed by atoms with Crippen molar-refractivity contribution in [1.82, 2.24) is 9.71 Å². The van der Waals surface area contributed by atoms with Gasteiger partial charge in [-0.05, 0) is 31.2 Å². The Morgan fingerprint density at radius 1 is 1.32 bits per heavy atom. The molecule has 1 N–H and O–H groups in total. The fourth-order valence-electron chi connectivity index (χ4n) is 1.93. The van der Waals surface area contributed by atoms with E-state index in [1.54, 1.807) is 24.4 Å². The largest absolute Gasteiger partial charge is 0.492 e. The fourth-order valence-corrected chi connectivity index (χ4v) is 3.10. The van der Waals surface area contributed by atoms with Crippen LogP contribution >= 0.6 is 0 Å². The highest BCUT2D eigenvalue weighted by Crippen LogP contribution is 2.29. The van der Waals surface area contributed by atoms with Gasteiger partial charge in [-0.15, -0.1) is 0 Å². The Morgan fingerprint density at radius 3 is 2.77 bits per heavy atom. The van der Waals surface area contributed by atoms with Crippen molar-refractivity contribution in [3.05, 3.63) is 30.5 Å². The van der Waals surface area contributed by atoms with Crippen LogP contribution in [0.1, 0.15) is 6.92 Å². The van der Waals surface area contributed by atoms with Gasteiger partial charge >= 0.3 is 5.97 Å². The van der Waals surface area contributed by atoms with E-state index in [2.05, 4.69) is 14.4 Å². The maximum atomic E-state index is 12.3. The third-order valence-corrected chi connectivity index (χ3v) is 4.38. The minimum absolute atomic E-state index is 0.0305. The van der Waals surface area contributed by atoms with Crippen molar-refractivity contribution in [3.63, 3.8) is 0 Å². The molecule has 0 aliphatic rings. The third kappa shape index (κ3) is 3.34. The van der Waals surface area contributed by atoms with E-state index in [0.29, 0.717) is 23.3 Å². The molecule has 8 heteroatoms. The van der Waals surface area contributed by atoms with Crippen molar-refractivity contribution in [2.45, 2.75) is 11.8 Å². The smallest absolute Gasteiger partial charge is 0.320 e. The Hall–Kier alpha value is -2.19. The van der Waals surface area contributed by atoms with Crippen molar-refractivity contribution < 1.29 is 22.7 Å². The number of ether oxygens (including phenoxy) is 2. The monoisotopic (exact) mass is 324 g/mol. The Morgan fingerprint density at radius 2 is 2.09 bits per heavy atom. The summed E-state index contributed by atoms with van der Waals surface area (Å²) < 4.78 is 36.8. The molecule has 0 fully saturated rings. The maximum Gasteiger partial charge on any atom is 0.320 e. The van der Waals surface area contributed by atoms with Gasteiger partial charge in [0.05, 0.1) is 18.6 Å². The quantitative estimate of drug-likeness (QED) is 0.799. The highest BCUT2D eigenvalue weighted by Gasteiger charge is 2.20. The van der Waals surface area contributed by atoms with Gasteiger partial charge < -0.3 is 9.47 Å². The Bertz CT molecular complexity index is 789. The zero-order valence-corrected chi connectivity index (χ0v) is 13.0. The summed E-state index contributed by atoms with van der Waals surface area (Å²) in [5.74, 6) is -0.165. The Labute approximate surface area is 128 Å². The second-order valence-corrected chi connectivity index (χ2v) is 6.03. The number of hydrogen-bond acceptors (Lipinski definition) is 6. The van der Waals surface area contributed by atoms with Crippen LogP contribution in [0.3, 0.4) is 0 Å². The van der Waals surface area contributed by atoms with Crippen molar-refractivity contribution in [1.29, 1.82) is 0 Å². The van der Waals surface area contributed by atoms with Crippen molar-refractivity contribution in [3.8, 4) is 5.75 Å². The van der Waals surface area contributed by atoms with Gasteiger partial charge in [0.1, 0.15) is 17.8 Å². The van der Waals surface area contributed by atoms with Gasteiger partial charge in [0, 0.05) is 11.6 Å². The molecule has 22 heavy (non-hydrogen) atoms. The number of esters is 1. The summed E-state index contributed by atoms with van der Waals surface area (Å²) in [6, 6.07) is 6.25. The topological polar surface area (TPSA) is 94.6 Å². The number of sulfonamides is 1. The molecule has 0 bridgehead atoms. The van der Waals surface area contributed by atoms with E-state index in [1.165, 1.54) is 13.2 Å². The number of fused-ring (bicyclic) bond motifs is 1. The molecule has 7 nitrogen and oxygen atoms in total. The summed E-state index contributed by atoms with van der Waals surface area (Å²) >= 11 is 0. The van der Waals surface area contributed by atoms with Crippen LogP contribution in [0.2, 0.25) is 0 Å².